The molecule has 0 fully saturated rings. The zero-order chi connectivity index (χ0) is 16.6. The molecule has 0 saturated carbocycles. The molecule has 0 unspecified atom stereocenters. The summed E-state index contributed by atoms with van der Waals surface area (Å²) in [5, 5.41) is 0.697. The smallest absolute Gasteiger partial charge is 0.262 e. The van der Waals surface area contributed by atoms with Gasteiger partial charge in [0.25, 0.3) is 5.56 Å². The Bertz CT molecular complexity index is 956. The highest BCUT2D eigenvalue weighted by Gasteiger charge is 2.12. The predicted molar refractivity (Wildman–Crippen MR) is 99.4 cm³/mol. The molecule has 2 N–H and O–H groups in total. The molecule has 2 heterocycles. The highest BCUT2D eigenvalue weighted by molar-refractivity contribution is 7.80. The molecule has 118 valence electrons. The molecule has 6 heteroatoms. The molecule has 0 aliphatic carbocycles. The Kier molecular flexibility index (Phi) is 4.28. The number of aryl methyl sites for hydroxylation is 2. The Balaban J connectivity index is 2.08. The van der Waals surface area contributed by atoms with Crippen LogP contribution in [0, 0.1) is 6.92 Å². The first-order valence-electron chi connectivity index (χ1n) is 7.38. The van der Waals surface area contributed by atoms with Crippen molar-refractivity contribution in [1.29, 1.82) is 0 Å². The molecule has 0 bridgehead atoms. The molecule has 0 saturated heterocycles. The molecule has 2 aromatic heterocycles. The van der Waals surface area contributed by atoms with Crippen LogP contribution in [-0.4, -0.2) is 14.5 Å². The topological polar surface area (TPSA) is 60.9 Å². The minimum atomic E-state index is 0.00387. The molecule has 0 aliphatic heterocycles. The van der Waals surface area contributed by atoms with Crippen LogP contribution in [0.4, 0.5) is 0 Å². The third-order valence-electron chi connectivity index (χ3n) is 3.79. The van der Waals surface area contributed by atoms with E-state index in [-0.39, 0.29) is 5.56 Å². The van der Waals surface area contributed by atoms with E-state index in [0.717, 1.165) is 22.4 Å². The summed E-state index contributed by atoms with van der Waals surface area (Å²) < 4.78 is 1.70. The summed E-state index contributed by atoms with van der Waals surface area (Å²) in [6.45, 7) is 4.41. The van der Waals surface area contributed by atoms with Gasteiger partial charge < -0.3 is 5.73 Å². The van der Waals surface area contributed by atoms with Gasteiger partial charge in [0.05, 0.1) is 11.9 Å². The second kappa shape index (κ2) is 6.22. The van der Waals surface area contributed by atoms with Gasteiger partial charge in [0.15, 0.2) is 0 Å². The Labute approximate surface area is 143 Å². The number of rotatable bonds is 4. The van der Waals surface area contributed by atoms with E-state index in [1.54, 1.807) is 15.9 Å². The molecule has 0 amide bonds. The molecule has 0 atom stereocenters. The van der Waals surface area contributed by atoms with Crippen molar-refractivity contribution in [1.82, 2.24) is 9.55 Å². The molecule has 3 aromatic rings. The minimum Gasteiger partial charge on any atom is -0.389 e. The van der Waals surface area contributed by atoms with Crippen LogP contribution in [0.5, 0.6) is 0 Å². The Morgan fingerprint density at radius 2 is 2.17 bits per heavy atom. The third kappa shape index (κ3) is 3.04. The van der Waals surface area contributed by atoms with Crippen LogP contribution in [-0.2, 0) is 13.0 Å². The number of thiocarbonyl (C=S) groups is 1. The Morgan fingerprint density at radius 3 is 2.87 bits per heavy atom. The number of fused-ring (bicyclic) bond motifs is 1. The van der Waals surface area contributed by atoms with E-state index in [9.17, 15) is 4.79 Å². The first-order valence-corrected chi connectivity index (χ1v) is 8.60. The summed E-state index contributed by atoms with van der Waals surface area (Å²) in [7, 11) is 0. The monoisotopic (exact) mass is 343 g/mol. The van der Waals surface area contributed by atoms with Crippen LogP contribution in [0.2, 0.25) is 0 Å². The third-order valence-corrected chi connectivity index (χ3v) is 5.20. The number of hydrogen-bond donors (Lipinski definition) is 1. The summed E-state index contributed by atoms with van der Waals surface area (Å²) >= 11 is 6.60. The lowest BCUT2D eigenvalue weighted by atomic mass is 10.1. The van der Waals surface area contributed by atoms with Gasteiger partial charge in [-0.15, -0.1) is 11.3 Å². The first kappa shape index (κ1) is 15.8. The average Bonchev–Trinajstić information content (AvgIpc) is 2.95. The summed E-state index contributed by atoms with van der Waals surface area (Å²) in [5.41, 5.74) is 7.47. The molecule has 0 aliphatic rings. The van der Waals surface area contributed by atoms with Crippen LogP contribution in [0.15, 0.2) is 35.1 Å². The van der Waals surface area contributed by atoms with E-state index < -0.39 is 0 Å². The largest absolute Gasteiger partial charge is 0.389 e. The number of nitrogens with two attached hydrogens (primary N) is 1. The number of thiophene rings is 1. The normalized spacial score (nSPS) is 11.0. The van der Waals surface area contributed by atoms with Gasteiger partial charge in [0.2, 0.25) is 0 Å². The first-order chi connectivity index (χ1) is 11.0. The van der Waals surface area contributed by atoms with Crippen molar-refractivity contribution in [2.24, 2.45) is 5.73 Å². The van der Waals surface area contributed by atoms with Gasteiger partial charge in [-0.05, 0) is 31.0 Å². The summed E-state index contributed by atoms with van der Waals surface area (Å²) in [5.74, 6) is 0.715. The molecule has 0 radical (unpaired) electrons. The molecule has 1 aromatic carbocycles. The van der Waals surface area contributed by atoms with Crippen molar-refractivity contribution >= 4 is 38.8 Å². The highest BCUT2D eigenvalue weighted by Crippen LogP contribution is 2.22. The van der Waals surface area contributed by atoms with Gasteiger partial charge in [-0.1, -0.05) is 37.3 Å². The molecule has 3 rings (SSSR count). The van der Waals surface area contributed by atoms with Crippen LogP contribution >= 0.6 is 23.6 Å². The second-order valence-electron chi connectivity index (χ2n) is 5.40. The van der Waals surface area contributed by atoms with Crippen molar-refractivity contribution in [3.8, 4) is 0 Å². The maximum atomic E-state index is 12.8. The summed E-state index contributed by atoms with van der Waals surface area (Å²) in [6, 6.07) is 9.61. The van der Waals surface area contributed by atoms with Crippen LogP contribution in [0.1, 0.15) is 28.8 Å². The Hall–Kier alpha value is -2.05. The fourth-order valence-electron chi connectivity index (χ4n) is 2.53. The summed E-state index contributed by atoms with van der Waals surface area (Å²) in [4.78, 5) is 19.7. The van der Waals surface area contributed by atoms with Crippen LogP contribution < -0.4 is 11.3 Å². The van der Waals surface area contributed by atoms with Gasteiger partial charge in [-0.2, -0.15) is 0 Å². The van der Waals surface area contributed by atoms with Gasteiger partial charge >= 0.3 is 0 Å². The van der Waals surface area contributed by atoms with E-state index in [1.807, 2.05) is 37.3 Å². The van der Waals surface area contributed by atoms with Crippen molar-refractivity contribution in [3.63, 3.8) is 0 Å². The van der Waals surface area contributed by atoms with Crippen LogP contribution in [0.3, 0.4) is 0 Å². The zero-order valence-electron chi connectivity index (χ0n) is 13.0. The maximum absolute atomic E-state index is 12.8. The van der Waals surface area contributed by atoms with Crippen molar-refractivity contribution in [2.75, 3.05) is 0 Å². The standard InChI is InChI=1S/C17H17N3OS2/c1-3-13-8-14-16(23-13)19-10(2)20(17(14)21)9-11-5-4-6-12(7-11)15(18)22/h4-8H,3,9H2,1-2H3,(H2,18,22). The Morgan fingerprint density at radius 1 is 1.39 bits per heavy atom. The SMILES string of the molecule is CCc1cc2c(=O)n(Cc3cccc(C(N)=S)c3)c(C)nc2s1. The number of benzene rings is 1. The quantitative estimate of drug-likeness (QED) is 0.740. The fraction of sp³-hybridized carbons (Fsp3) is 0.235. The summed E-state index contributed by atoms with van der Waals surface area (Å²) in [6.07, 6.45) is 0.912. The number of hydrogen-bond acceptors (Lipinski definition) is 4. The predicted octanol–water partition coefficient (Wildman–Crippen LogP) is 3.01. The van der Waals surface area contributed by atoms with Gasteiger partial charge in [-0.25, -0.2) is 4.98 Å². The fourth-order valence-corrected chi connectivity index (χ4v) is 3.66. The maximum Gasteiger partial charge on any atom is 0.262 e. The van der Waals surface area contributed by atoms with Gasteiger partial charge in [0, 0.05) is 10.4 Å². The average molecular weight is 343 g/mol. The lowest BCUT2D eigenvalue weighted by Crippen LogP contribution is -2.24. The highest BCUT2D eigenvalue weighted by atomic mass is 32.1. The van der Waals surface area contributed by atoms with E-state index >= 15 is 0 Å². The van der Waals surface area contributed by atoms with Crippen molar-refractivity contribution in [2.45, 2.75) is 26.8 Å². The second-order valence-corrected chi connectivity index (χ2v) is 6.96. The molecular weight excluding hydrogens is 326 g/mol. The number of aromatic nitrogens is 2. The van der Waals surface area contributed by atoms with Gasteiger partial charge in [-0.3, -0.25) is 9.36 Å². The van der Waals surface area contributed by atoms with E-state index in [2.05, 4.69) is 11.9 Å². The van der Waals surface area contributed by atoms with Crippen LogP contribution in [0.25, 0.3) is 10.2 Å². The van der Waals surface area contributed by atoms with Crippen molar-refractivity contribution in [3.05, 3.63) is 62.5 Å². The lowest BCUT2D eigenvalue weighted by molar-refractivity contribution is 0.714. The zero-order valence-corrected chi connectivity index (χ0v) is 14.6. The molecule has 23 heavy (non-hydrogen) atoms. The van der Waals surface area contributed by atoms with E-state index in [4.69, 9.17) is 18.0 Å². The molecule has 0 spiro atoms. The number of nitrogens with zero attached hydrogens (tertiary/aromatic N) is 2. The van der Waals surface area contributed by atoms with E-state index in [1.165, 1.54) is 4.88 Å². The van der Waals surface area contributed by atoms with Gasteiger partial charge in [0.1, 0.15) is 15.6 Å². The van der Waals surface area contributed by atoms with Crippen molar-refractivity contribution < 1.29 is 0 Å². The molecule has 4 nitrogen and oxygen atoms in total. The minimum absolute atomic E-state index is 0.00387. The molecular formula is C17H17N3OS2. The van der Waals surface area contributed by atoms with E-state index in [0.29, 0.717) is 22.7 Å². The lowest BCUT2D eigenvalue weighted by Gasteiger charge is -2.10.